The lowest BCUT2D eigenvalue weighted by molar-refractivity contribution is -0.870. The molecular formula is C11H26N+. The van der Waals surface area contributed by atoms with E-state index in [0.717, 1.165) is 4.48 Å². The van der Waals surface area contributed by atoms with Gasteiger partial charge in [0.2, 0.25) is 0 Å². The first-order valence-corrected chi connectivity index (χ1v) is 5.36. The van der Waals surface area contributed by atoms with Gasteiger partial charge >= 0.3 is 0 Å². The molecular weight excluding hydrogens is 146 g/mol. The third kappa shape index (κ3) is 9.96. The molecule has 0 saturated heterocycles. The van der Waals surface area contributed by atoms with Gasteiger partial charge in [0.15, 0.2) is 0 Å². The van der Waals surface area contributed by atoms with E-state index < -0.39 is 0 Å². The number of hydrogen-bond donors (Lipinski definition) is 0. The molecule has 0 aliphatic heterocycles. The fourth-order valence-corrected chi connectivity index (χ4v) is 1.37. The first-order valence-electron chi connectivity index (χ1n) is 5.36. The SMILES string of the molecule is CCCCCCCC[N+](C)(C)C. The Hall–Kier alpha value is -0.0400. The molecule has 0 atom stereocenters. The highest BCUT2D eigenvalue weighted by Gasteiger charge is 2.04. The first-order chi connectivity index (χ1) is 5.56. The fourth-order valence-electron chi connectivity index (χ4n) is 1.37. The standard InChI is InChI=1S/C11H26N/c1-5-6-7-8-9-10-11-12(2,3)4/h5-11H2,1-4H3/q+1. The Balaban J connectivity index is 3.01. The van der Waals surface area contributed by atoms with Gasteiger partial charge in [-0.2, -0.15) is 0 Å². The molecule has 0 N–H and O–H groups in total. The summed E-state index contributed by atoms with van der Waals surface area (Å²) >= 11 is 0. The highest BCUT2D eigenvalue weighted by molar-refractivity contribution is 4.42. The second kappa shape index (κ2) is 6.47. The average molecular weight is 172 g/mol. The smallest absolute Gasteiger partial charge is 0.0780 e. The minimum atomic E-state index is 1.12. The molecule has 1 nitrogen and oxygen atoms in total. The third-order valence-electron chi connectivity index (χ3n) is 2.18. The molecule has 0 amide bonds. The van der Waals surface area contributed by atoms with E-state index in [1.54, 1.807) is 0 Å². The quantitative estimate of drug-likeness (QED) is 0.409. The maximum Gasteiger partial charge on any atom is 0.0780 e. The van der Waals surface area contributed by atoms with Crippen molar-refractivity contribution in [1.82, 2.24) is 0 Å². The molecule has 0 aromatic carbocycles. The van der Waals surface area contributed by atoms with Gasteiger partial charge in [-0.3, -0.25) is 0 Å². The van der Waals surface area contributed by atoms with Gasteiger partial charge < -0.3 is 4.48 Å². The van der Waals surface area contributed by atoms with Crippen LogP contribution in [0.5, 0.6) is 0 Å². The van der Waals surface area contributed by atoms with Crippen molar-refractivity contribution < 1.29 is 4.48 Å². The molecule has 12 heavy (non-hydrogen) atoms. The molecule has 0 aromatic heterocycles. The van der Waals surface area contributed by atoms with Crippen molar-refractivity contribution in [2.45, 2.75) is 45.4 Å². The molecule has 0 radical (unpaired) electrons. The molecule has 0 bridgehead atoms. The maximum absolute atomic E-state index is 2.27. The van der Waals surface area contributed by atoms with E-state index in [0.29, 0.717) is 0 Å². The van der Waals surface area contributed by atoms with E-state index in [9.17, 15) is 0 Å². The first kappa shape index (κ1) is 12.0. The van der Waals surface area contributed by atoms with Crippen LogP contribution in [0.3, 0.4) is 0 Å². The lowest BCUT2D eigenvalue weighted by Crippen LogP contribution is -2.35. The summed E-state index contributed by atoms with van der Waals surface area (Å²) in [6, 6.07) is 0. The van der Waals surface area contributed by atoms with Crippen molar-refractivity contribution >= 4 is 0 Å². The summed E-state index contributed by atoms with van der Waals surface area (Å²) in [7, 11) is 6.81. The van der Waals surface area contributed by atoms with E-state index >= 15 is 0 Å². The molecule has 0 aliphatic carbocycles. The lowest BCUT2D eigenvalue weighted by Gasteiger charge is -2.23. The Bertz CT molecular complexity index is 91.7. The minimum Gasteiger partial charge on any atom is -0.331 e. The Morgan fingerprint density at radius 2 is 1.25 bits per heavy atom. The molecule has 0 aliphatic rings. The van der Waals surface area contributed by atoms with Crippen molar-refractivity contribution in [2.24, 2.45) is 0 Å². The van der Waals surface area contributed by atoms with Crippen molar-refractivity contribution in [3.05, 3.63) is 0 Å². The van der Waals surface area contributed by atoms with Crippen molar-refractivity contribution in [3.63, 3.8) is 0 Å². The van der Waals surface area contributed by atoms with Crippen LogP contribution in [0.1, 0.15) is 45.4 Å². The molecule has 1 heteroatoms. The molecule has 74 valence electrons. The van der Waals surface area contributed by atoms with Gasteiger partial charge in [0.05, 0.1) is 27.7 Å². The summed E-state index contributed by atoms with van der Waals surface area (Å²) < 4.78 is 1.12. The summed E-state index contributed by atoms with van der Waals surface area (Å²) in [6.45, 7) is 3.60. The van der Waals surface area contributed by atoms with Crippen molar-refractivity contribution in [1.29, 1.82) is 0 Å². The predicted octanol–water partition coefficient (Wildman–Crippen LogP) is 3.05. The number of rotatable bonds is 7. The normalized spacial score (nSPS) is 12.0. The number of hydrogen-bond acceptors (Lipinski definition) is 0. The van der Waals surface area contributed by atoms with Gasteiger partial charge in [0.25, 0.3) is 0 Å². The molecule has 0 aromatic rings. The topological polar surface area (TPSA) is 0 Å². The van der Waals surface area contributed by atoms with Gasteiger partial charge in [0, 0.05) is 0 Å². The van der Waals surface area contributed by atoms with Crippen LogP contribution in [0.4, 0.5) is 0 Å². The number of quaternary nitrogens is 1. The van der Waals surface area contributed by atoms with E-state index in [1.807, 2.05) is 0 Å². The van der Waals surface area contributed by atoms with Crippen molar-refractivity contribution in [3.8, 4) is 0 Å². The summed E-state index contributed by atoms with van der Waals surface area (Å²) in [5, 5.41) is 0. The highest BCUT2D eigenvalue weighted by atomic mass is 15.3. The molecule has 0 rings (SSSR count). The van der Waals surface area contributed by atoms with Crippen LogP contribution < -0.4 is 0 Å². The molecule has 0 saturated carbocycles. The van der Waals surface area contributed by atoms with Crippen LogP contribution in [0.25, 0.3) is 0 Å². The molecule has 0 fully saturated rings. The second-order valence-corrected chi connectivity index (χ2v) is 4.78. The second-order valence-electron chi connectivity index (χ2n) is 4.78. The van der Waals surface area contributed by atoms with E-state index in [-0.39, 0.29) is 0 Å². The Morgan fingerprint density at radius 3 is 1.75 bits per heavy atom. The summed E-state index contributed by atoms with van der Waals surface area (Å²) in [5.41, 5.74) is 0. The Labute approximate surface area is 78.4 Å². The molecule has 0 unspecified atom stereocenters. The zero-order valence-corrected chi connectivity index (χ0v) is 9.40. The lowest BCUT2D eigenvalue weighted by atomic mass is 10.1. The van der Waals surface area contributed by atoms with Crippen LogP contribution in [-0.4, -0.2) is 32.2 Å². The van der Waals surface area contributed by atoms with Crippen LogP contribution in [0.15, 0.2) is 0 Å². The summed E-state index contributed by atoms with van der Waals surface area (Å²) in [6.07, 6.45) is 8.48. The largest absolute Gasteiger partial charge is 0.331 e. The minimum absolute atomic E-state index is 1.12. The van der Waals surface area contributed by atoms with Crippen LogP contribution in [-0.2, 0) is 0 Å². The maximum atomic E-state index is 2.27. The zero-order valence-electron chi connectivity index (χ0n) is 9.40. The third-order valence-corrected chi connectivity index (χ3v) is 2.18. The van der Waals surface area contributed by atoms with Gasteiger partial charge in [-0.25, -0.2) is 0 Å². The zero-order chi connectivity index (χ0) is 9.45. The monoisotopic (exact) mass is 172 g/mol. The summed E-state index contributed by atoms with van der Waals surface area (Å²) in [4.78, 5) is 0. The highest BCUT2D eigenvalue weighted by Crippen LogP contribution is 2.06. The Morgan fingerprint density at radius 1 is 0.750 bits per heavy atom. The number of unbranched alkanes of at least 4 members (excludes halogenated alkanes) is 5. The van der Waals surface area contributed by atoms with E-state index in [1.165, 1.54) is 45.1 Å². The van der Waals surface area contributed by atoms with Gasteiger partial charge in [-0.15, -0.1) is 0 Å². The average Bonchev–Trinajstić information content (AvgIpc) is 1.94. The van der Waals surface area contributed by atoms with Gasteiger partial charge in [-0.05, 0) is 12.8 Å². The van der Waals surface area contributed by atoms with Gasteiger partial charge in [0.1, 0.15) is 0 Å². The van der Waals surface area contributed by atoms with Crippen LogP contribution in [0.2, 0.25) is 0 Å². The van der Waals surface area contributed by atoms with E-state index in [4.69, 9.17) is 0 Å². The molecule has 0 spiro atoms. The fraction of sp³-hybridized carbons (Fsp3) is 1.00. The van der Waals surface area contributed by atoms with Crippen LogP contribution >= 0.6 is 0 Å². The predicted molar refractivity (Wildman–Crippen MR) is 56.3 cm³/mol. The van der Waals surface area contributed by atoms with Gasteiger partial charge in [-0.1, -0.05) is 32.6 Å². The van der Waals surface area contributed by atoms with Crippen molar-refractivity contribution in [2.75, 3.05) is 27.7 Å². The van der Waals surface area contributed by atoms with E-state index in [2.05, 4.69) is 28.1 Å². The summed E-state index contributed by atoms with van der Waals surface area (Å²) in [5.74, 6) is 0. The molecule has 0 heterocycles. The Kier molecular flexibility index (Phi) is 6.45. The number of nitrogens with zero attached hydrogens (tertiary/aromatic N) is 1. The van der Waals surface area contributed by atoms with Crippen LogP contribution in [0, 0.1) is 0 Å².